The highest BCUT2D eigenvalue weighted by Gasteiger charge is 2.32. The fourth-order valence-electron chi connectivity index (χ4n) is 2.88. The van der Waals surface area contributed by atoms with E-state index < -0.39 is 17.9 Å². The third kappa shape index (κ3) is 4.15. The Bertz CT molecular complexity index is 617. The van der Waals surface area contributed by atoms with E-state index in [0.717, 1.165) is 0 Å². The molecule has 1 aromatic rings. The standard InChI is InChI=1S/C17H26N2O5/c1-6-19(7-2)16(22)12(9-13(20)21)15-10(4)14(11(5)18-15)17(23)24-8-3/h12,18H,6-9H2,1-5H3,(H,20,21). The van der Waals surface area contributed by atoms with E-state index in [1.165, 1.54) is 0 Å². The Labute approximate surface area is 142 Å². The second kappa shape index (κ2) is 8.52. The first kappa shape index (κ1) is 19.7. The minimum atomic E-state index is -1.06. The van der Waals surface area contributed by atoms with Gasteiger partial charge in [0.15, 0.2) is 0 Å². The van der Waals surface area contributed by atoms with Crippen molar-refractivity contribution in [3.8, 4) is 0 Å². The molecule has 0 aliphatic carbocycles. The molecule has 0 spiro atoms. The van der Waals surface area contributed by atoms with Crippen LogP contribution in [0, 0.1) is 13.8 Å². The molecule has 0 fully saturated rings. The zero-order valence-electron chi connectivity index (χ0n) is 14.9. The van der Waals surface area contributed by atoms with Crippen molar-refractivity contribution in [2.24, 2.45) is 0 Å². The second-order valence-corrected chi connectivity index (χ2v) is 5.55. The number of carbonyl (C=O) groups excluding carboxylic acids is 2. The molecule has 0 aliphatic heterocycles. The van der Waals surface area contributed by atoms with Gasteiger partial charge in [-0.15, -0.1) is 0 Å². The van der Waals surface area contributed by atoms with Gasteiger partial charge in [-0.05, 0) is 40.2 Å². The number of H-pyrrole nitrogens is 1. The number of hydrogen-bond acceptors (Lipinski definition) is 4. The van der Waals surface area contributed by atoms with Crippen molar-refractivity contribution in [2.75, 3.05) is 19.7 Å². The van der Waals surface area contributed by atoms with Gasteiger partial charge in [-0.2, -0.15) is 0 Å². The second-order valence-electron chi connectivity index (χ2n) is 5.55. The molecule has 2 N–H and O–H groups in total. The minimum absolute atomic E-state index is 0.245. The van der Waals surface area contributed by atoms with Crippen LogP contribution in [0.5, 0.6) is 0 Å². The van der Waals surface area contributed by atoms with E-state index >= 15 is 0 Å². The highest BCUT2D eigenvalue weighted by atomic mass is 16.5. The number of aromatic amines is 1. The summed E-state index contributed by atoms with van der Waals surface area (Å²) in [5, 5.41) is 9.21. The summed E-state index contributed by atoms with van der Waals surface area (Å²) in [4.78, 5) is 40.7. The molecule has 134 valence electrons. The van der Waals surface area contributed by atoms with Crippen molar-refractivity contribution >= 4 is 17.8 Å². The van der Waals surface area contributed by atoms with E-state index in [0.29, 0.717) is 35.6 Å². The third-order valence-corrected chi connectivity index (χ3v) is 4.06. The van der Waals surface area contributed by atoms with Crippen molar-refractivity contribution in [1.29, 1.82) is 0 Å². The highest BCUT2D eigenvalue weighted by Crippen LogP contribution is 2.29. The molecule has 0 saturated carbocycles. The molecular formula is C17H26N2O5. The molecule has 7 heteroatoms. The number of nitrogens with zero attached hydrogens (tertiary/aromatic N) is 1. The number of aryl methyl sites for hydroxylation is 1. The van der Waals surface area contributed by atoms with Crippen LogP contribution < -0.4 is 0 Å². The van der Waals surface area contributed by atoms with Gasteiger partial charge in [-0.25, -0.2) is 4.79 Å². The molecular weight excluding hydrogens is 312 g/mol. The summed E-state index contributed by atoms with van der Waals surface area (Å²) in [5.74, 6) is -2.66. The number of likely N-dealkylation sites (N-methyl/N-ethyl adjacent to an activating group) is 1. The number of aliphatic carboxylic acids is 1. The van der Waals surface area contributed by atoms with Gasteiger partial charge in [0, 0.05) is 24.5 Å². The number of aromatic nitrogens is 1. The number of nitrogens with one attached hydrogen (secondary N) is 1. The quantitative estimate of drug-likeness (QED) is 0.708. The maximum atomic E-state index is 12.7. The summed E-state index contributed by atoms with van der Waals surface area (Å²) in [5.41, 5.74) is 1.98. The first-order chi connectivity index (χ1) is 11.3. The van der Waals surface area contributed by atoms with Crippen molar-refractivity contribution < 1.29 is 24.2 Å². The summed E-state index contributed by atoms with van der Waals surface area (Å²) in [6.07, 6.45) is -0.335. The van der Waals surface area contributed by atoms with Crippen LogP contribution in [0.1, 0.15) is 60.4 Å². The fraction of sp³-hybridized carbons (Fsp3) is 0.588. The zero-order chi connectivity index (χ0) is 18.4. The third-order valence-electron chi connectivity index (χ3n) is 4.06. The zero-order valence-corrected chi connectivity index (χ0v) is 14.9. The molecule has 0 saturated heterocycles. The first-order valence-corrected chi connectivity index (χ1v) is 8.15. The maximum absolute atomic E-state index is 12.7. The number of carboxylic acid groups (broad SMARTS) is 1. The van der Waals surface area contributed by atoms with Crippen LogP contribution in [0.2, 0.25) is 0 Å². The molecule has 1 rings (SSSR count). The Morgan fingerprint density at radius 2 is 1.75 bits per heavy atom. The van der Waals surface area contributed by atoms with Crippen molar-refractivity contribution in [3.63, 3.8) is 0 Å². The number of rotatable bonds is 8. The van der Waals surface area contributed by atoms with Crippen LogP contribution >= 0.6 is 0 Å². The predicted octanol–water partition coefficient (Wildman–Crippen LogP) is 2.23. The van der Waals surface area contributed by atoms with Gasteiger partial charge in [-0.1, -0.05) is 0 Å². The van der Waals surface area contributed by atoms with E-state index in [2.05, 4.69) is 4.98 Å². The van der Waals surface area contributed by atoms with Crippen LogP contribution in [0.15, 0.2) is 0 Å². The predicted molar refractivity (Wildman–Crippen MR) is 89.1 cm³/mol. The topological polar surface area (TPSA) is 99.7 Å². The van der Waals surface area contributed by atoms with Gasteiger partial charge in [0.25, 0.3) is 0 Å². The molecule has 0 aliphatic rings. The lowest BCUT2D eigenvalue weighted by Gasteiger charge is -2.24. The molecule has 1 aromatic heterocycles. The number of carboxylic acids is 1. The highest BCUT2D eigenvalue weighted by molar-refractivity contribution is 5.94. The van der Waals surface area contributed by atoms with Gasteiger partial charge in [-0.3, -0.25) is 9.59 Å². The van der Waals surface area contributed by atoms with E-state index in [9.17, 15) is 19.5 Å². The van der Waals surface area contributed by atoms with E-state index in [-0.39, 0.29) is 18.9 Å². The van der Waals surface area contributed by atoms with Gasteiger partial charge in [0.05, 0.1) is 24.5 Å². The van der Waals surface area contributed by atoms with Crippen LogP contribution in [0.4, 0.5) is 0 Å². The lowest BCUT2D eigenvalue weighted by molar-refractivity contribution is -0.142. The van der Waals surface area contributed by atoms with Crippen LogP contribution in [-0.4, -0.2) is 52.5 Å². The molecule has 1 heterocycles. The lowest BCUT2D eigenvalue weighted by atomic mass is 9.95. The number of carbonyl (C=O) groups is 3. The Kier molecular flexibility index (Phi) is 7.00. The molecule has 7 nitrogen and oxygen atoms in total. The van der Waals surface area contributed by atoms with Crippen molar-refractivity contribution in [1.82, 2.24) is 9.88 Å². The average molecular weight is 338 g/mol. The van der Waals surface area contributed by atoms with Crippen LogP contribution in [-0.2, 0) is 14.3 Å². The van der Waals surface area contributed by atoms with Gasteiger partial charge < -0.3 is 19.7 Å². The lowest BCUT2D eigenvalue weighted by Crippen LogP contribution is -2.36. The normalized spacial score (nSPS) is 11.9. The minimum Gasteiger partial charge on any atom is -0.481 e. The monoisotopic (exact) mass is 338 g/mol. The molecule has 0 bridgehead atoms. The van der Waals surface area contributed by atoms with E-state index in [1.54, 1.807) is 25.7 Å². The van der Waals surface area contributed by atoms with Gasteiger partial charge >= 0.3 is 11.9 Å². The Morgan fingerprint density at radius 1 is 1.17 bits per heavy atom. The molecule has 0 radical (unpaired) electrons. The smallest absolute Gasteiger partial charge is 0.340 e. The first-order valence-electron chi connectivity index (χ1n) is 8.15. The Balaban J connectivity index is 3.34. The van der Waals surface area contributed by atoms with Crippen molar-refractivity contribution in [3.05, 3.63) is 22.5 Å². The molecule has 24 heavy (non-hydrogen) atoms. The summed E-state index contributed by atoms with van der Waals surface area (Å²) in [6.45, 7) is 10.1. The summed E-state index contributed by atoms with van der Waals surface area (Å²) in [6, 6.07) is 0. The molecule has 1 atom stereocenters. The largest absolute Gasteiger partial charge is 0.481 e. The number of ether oxygens (including phenoxy) is 1. The Hall–Kier alpha value is -2.31. The van der Waals surface area contributed by atoms with E-state index in [1.807, 2.05) is 13.8 Å². The van der Waals surface area contributed by atoms with Crippen LogP contribution in [0.25, 0.3) is 0 Å². The fourth-order valence-corrected chi connectivity index (χ4v) is 2.88. The SMILES string of the molecule is CCOC(=O)c1c(C)[nH]c(C(CC(=O)O)C(=O)N(CC)CC)c1C. The summed E-state index contributed by atoms with van der Waals surface area (Å²) >= 11 is 0. The number of hydrogen-bond donors (Lipinski definition) is 2. The summed E-state index contributed by atoms with van der Waals surface area (Å²) in [7, 11) is 0. The maximum Gasteiger partial charge on any atom is 0.340 e. The van der Waals surface area contributed by atoms with Crippen molar-refractivity contribution in [2.45, 2.75) is 47.0 Å². The molecule has 1 amide bonds. The van der Waals surface area contributed by atoms with Gasteiger partial charge in [0.2, 0.25) is 5.91 Å². The Morgan fingerprint density at radius 3 is 2.21 bits per heavy atom. The summed E-state index contributed by atoms with van der Waals surface area (Å²) < 4.78 is 5.04. The van der Waals surface area contributed by atoms with Crippen LogP contribution in [0.3, 0.4) is 0 Å². The molecule has 1 unspecified atom stereocenters. The number of amides is 1. The average Bonchev–Trinajstić information content (AvgIpc) is 2.80. The number of esters is 1. The molecule has 0 aromatic carbocycles. The van der Waals surface area contributed by atoms with Gasteiger partial charge in [0.1, 0.15) is 0 Å². The van der Waals surface area contributed by atoms with E-state index in [4.69, 9.17) is 4.74 Å².